The summed E-state index contributed by atoms with van der Waals surface area (Å²) in [6.45, 7) is 2.85. The lowest BCUT2D eigenvalue weighted by Gasteiger charge is -2.21. The van der Waals surface area contributed by atoms with E-state index in [9.17, 15) is 4.79 Å². The molecule has 6 heteroatoms. The van der Waals surface area contributed by atoms with Crippen LogP contribution < -0.4 is 0 Å². The molecule has 1 atom stereocenters. The molecular formula is C17H20ClN3O2. The molecule has 2 heterocycles. The number of hydrogen-bond acceptors (Lipinski definition) is 4. The molecule has 2 aromatic rings. The van der Waals surface area contributed by atoms with Gasteiger partial charge >= 0.3 is 0 Å². The molecule has 0 radical (unpaired) electrons. The van der Waals surface area contributed by atoms with Gasteiger partial charge in [0.1, 0.15) is 6.04 Å². The van der Waals surface area contributed by atoms with Crippen LogP contribution in [0.4, 0.5) is 0 Å². The van der Waals surface area contributed by atoms with E-state index in [0.29, 0.717) is 23.2 Å². The molecule has 1 aromatic carbocycles. The van der Waals surface area contributed by atoms with Gasteiger partial charge in [-0.1, -0.05) is 31.0 Å². The SMILES string of the molecule is CCCCC(=O)N1CCCC1c1nnc(-c2cccc(Cl)c2)o1. The molecule has 0 saturated carbocycles. The number of nitrogens with zero attached hydrogens (tertiary/aromatic N) is 3. The number of hydrogen-bond donors (Lipinski definition) is 0. The van der Waals surface area contributed by atoms with E-state index in [4.69, 9.17) is 16.0 Å². The molecule has 23 heavy (non-hydrogen) atoms. The highest BCUT2D eigenvalue weighted by atomic mass is 35.5. The van der Waals surface area contributed by atoms with Crippen molar-refractivity contribution in [3.63, 3.8) is 0 Å². The first kappa shape index (κ1) is 16.0. The van der Waals surface area contributed by atoms with E-state index in [-0.39, 0.29) is 11.9 Å². The van der Waals surface area contributed by atoms with Gasteiger partial charge in [0, 0.05) is 23.6 Å². The third kappa shape index (κ3) is 3.55. The Morgan fingerprint density at radius 2 is 2.30 bits per heavy atom. The van der Waals surface area contributed by atoms with Gasteiger partial charge < -0.3 is 9.32 Å². The average Bonchev–Trinajstić information content (AvgIpc) is 3.21. The Morgan fingerprint density at radius 3 is 3.09 bits per heavy atom. The summed E-state index contributed by atoms with van der Waals surface area (Å²) < 4.78 is 5.82. The number of benzene rings is 1. The van der Waals surface area contributed by atoms with E-state index in [0.717, 1.165) is 37.8 Å². The first-order chi connectivity index (χ1) is 11.2. The minimum absolute atomic E-state index is 0.0974. The second-order valence-electron chi connectivity index (χ2n) is 5.80. The molecule has 1 aliphatic heterocycles. The highest BCUT2D eigenvalue weighted by Gasteiger charge is 2.33. The molecule has 1 fully saturated rings. The van der Waals surface area contributed by atoms with Gasteiger partial charge in [-0.3, -0.25) is 4.79 Å². The van der Waals surface area contributed by atoms with Crippen molar-refractivity contribution in [1.29, 1.82) is 0 Å². The molecule has 0 aliphatic carbocycles. The zero-order chi connectivity index (χ0) is 16.2. The Bertz CT molecular complexity index is 686. The van der Waals surface area contributed by atoms with Crippen LogP contribution in [0, 0.1) is 0 Å². The standard InChI is InChI=1S/C17H20ClN3O2/c1-2-3-9-15(22)21-10-5-8-14(21)17-20-19-16(23-17)12-6-4-7-13(18)11-12/h4,6-7,11,14H,2-3,5,8-10H2,1H3. The van der Waals surface area contributed by atoms with E-state index in [2.05, 4.69) is 17.1 Å². The van der Waals surface area contributed by atoms with Gasteiger partial charge in [0.15, 0.2) is 0 Å². The van der Waals surface area contributed by atoms with Crippen molar-refractivity contribution in [2.45, 2.75) is 45.1 Å². The summed E-state index contributed by atoms with van der Waals surface area (Å²) in [4.78, 5) is 14.2. The number of carbonyl (C=O) groups is 1. The number of carbonyl (C=O) groups excluding carboxylic acids is 1. The average molecular weight is 334 g/mol. The zero-order valence-electron chi connectivity index (χ0n) is 13.2. The number of aromatic nitrogens is 2. The van der Waals surface area contributed by atoms with Crippen molar-refractivity contribution in [2.24, 2.45) is 0 Å². The third-order valence-corrected chi connectivity index (χ3v) is 4.35. The summed E-state index contributed by atoms with van der Waals surface area (Å²) in [5.41, 5.74) is 0.790. The Morgan fingerprint density at radius 1 is 1.43 bits per heavy atom. The molecule has 1 aliphatic rings. The fourth-order valence-corrected chi connectivity index (χ4v) is 3.09. The summed E-state index contributed by atoms with van der Waals surface area (Å²) in [6.07, 6.45) is 4.36. The summed E-state index contributed by atoms with van der Waals surface area (Å²) in [6, 6.07) is 7.21. The van der Waals surface area contributed by atoms with Crippen molar-refractivity contribution in [3.05, 3.63) is 35.2 Å². The van der Waals surface area contributed by atoms with Gasteiger partial charge in [0.2, 0.25) is 17.7 Å². The van der Waals surface area contributed by atoms with Gasteiger partial charge in [-0.25, -0.2) is 0 Å². The van der Waals surface area contributed by atoms with Crippen LogP contribution in [0.25, 0.3) is 11.5 Å². The molecule has 1 aromatic heterocycles. The normalized spacial score (nSPS) is 17.7. The highest BCUT2D eigenvalue weighted by molar-refractivity contribution is 6.30. The highest BCUT2D eigenvalue weighted by Crippen LogP contribution is 2.33. The minimum atomic E-state index is -0.0974. The minimum Gasteiger partial charge on any atom is -0.418 e. The van der Waals surface area contributed by atoms with Crippen molar-refractivity contribution in [2.75, 3.05) is 6.54 Å². The van der Waals surface area contributed by atoms with Gasteiger partial charge in [-0.2, -0.15) is 0 Å². The van der Waals surface area contributed by atoms with Gasteiger partial charge in [-0.15, -0.1) is 10.2 Å². The number of likely N-dealkylation sites (tertiary alicyclic amines) is 1. The fourth-order valence-electron chi connectivity index (χ4n) is 2.90. The maximum atomic E-state index is 12.3. The third-order valence-electron chi connectivity index (χ3n) is 4.11. The van der Waals surface area contributed by atoms with Crippen molar-refractivity contribution >= 4 is 17.5 Å². The molecule has 5 nitrogen and oxygen atoms in total. The van der Waals surface area contributed by atoms with E-state index in [1.807, 2.05) is 17.0 Å². The lowest BCUT2D eigenvalue weighted by atomic mass is 10.2. The van der Waals surface area contributed by atoms with E-state index in [1.54, 1.807) is 12.1 Å². The quantitative estimate of drug-likeness (QED) is 0.821. The lowest BCUT2D eigenvalue weighted by molar-refractivity contribution is -0.132. The predicted octanol–water partition coefficient (Wildman–Crippen LogP) is 4.24. The Hall–Kier alpha value is -1.88. The topological polar surface area (TPSA) is 59.2 Å². The largest absolute Gasteiger partial charge is 0.418 e. The second kappa shape index (κ2) is 7.13. The van der Waals surface area contributed by atoms with Crippen LogP contribution in [0.2, 0.25) is 5.02 Å². The van der Waals surface area contributed by atoms with Crippen LogP contribution in [0.1, 0.15) is 51.0 Å². The van der Waals surface area contributed by atoms with Crippen LogP contribution in [-0.2, 0) is 4.79 Å². The monoisotopic (exact) mass is 333 g/mol. The smallest absolute Gasteiger partial charge is 0.247 e. The van der Waals surface area contributed by atoms with Crippen LogP contribution in [0.15, 0.2) is 28.7 Å². The van der Waals surface area contributed by atoms with Gasteiger partial charge in [0.25, 0.3) is 0 Å². The second-order valence-corrected chi connectivity index (χ2v) is 6.24. The molecule has 3 rings (SSSR count). The molecule has 1 saturated heterocycles. The molecule has 122 valence electrons. The molecular weight excluding hydrogens is 314 g/mol. The van der Waals surface area contributed by atoms with Gasteiger partial charge in [0.05, 0.1) is 0 Å². The summed E-state index contributed by atoms with van der Waals surface area (Å²) >= 11 is 6.00. The van der Waals surface area contributed by atoms with E-state index >= 15 is 0 Å². The van der Waals surface area contributed by atoms with Crippen LogP contribution >= 0.6 is 11.6 Å². The molecule has 1 amide bonds. The molecule has 0 bridgehead atoms. The molecule has 0 N–H and O–H groups in total. The zero-order valence-corrected chi connectivity index (χ0v) is 13.9. The Kier molecular flexibility index (Phi) is 4.96. The first-order valence-electron chi connectivity index (χ1n) is 8.08. The van der Waals surface area contributed by atoms with Crippen LogP contribution in [0.3, 0.4) is 0 Å². The molecule has 1 unspecified atom stereocenters. The number of unbranched alkanes of at least 4 members (excludes halogenated alkanes) is 1. The van der Waals surface area contributed by atoms with Crippen molar-refractivity contribution in [1.82, 2.24) is 15.1 Å². The first-order valence-corrected chi connectivity index (χ1v) is 8.45. The summed E-state index contributed by atoms with van der Waals surface area (Å²) in [5.74, 6) is 1.13. The Labute approximate surface area is 140 Å². The number of amides is 1. The van der Waals surface area contributed by atoms with Crippen LogP contribution in [0.5, 0.6) is 0 Å². The fraction of sp³-hybridized carbons (Fsp3) is 0.471. The van der Waals surface area contributed by atoms with Crippen LogP contribution in [-0.4, -0.2) is 27.5 Å². The van der Waals surface area contributed by atoms with Gasteiger partial charge in [-0.05, 0) is 37.5 Å². The summed E-state index contributed by atoms with van der Waals surface area (Å²) in [5, 5.41) is 8.90. The maximum absolute atomic E-state index is 12.3. The van der Waals surface area contributed by atoms with E-state index < -0.39 is 0 Å². The lowest BCUT2D eigenvalue weighted by Crippen LogP contribution is -2.30. The number of rotatable bonds is 5. The summed E-state index contributed by atoms with van der Waals surface area (Å²) in [7, 11) is 0. The Balaban J connectivity index is 1.78. The molecule has 0 spiro atoms. The van der Waals surface area contributed by atoms with Crippen molar-refractivity contribution in [3.8, 4) is 11.5 Å². The maximum Gasteiger partial charge on any atom is 0.247 e. The van der Waals surface area contributed by atoms with Crippen molar-refractivity contribution < 1.29 is 9.21 Å². The predicted molar refractivity (Wildman–Crippen MR) is 88.0 cm³/mol. The van der Waals surface area contributed by atoms with E-state index in [1.165, 1.54) is 0 Å². The number of halogens is 1.